The maximum atomic E-state index is 10.9. The molecule has 3 aliphatic rings. The van der Waals surface area contributed by atoms with Crippen molar-refractivity contribution in [1.82, 2.24) is 4.98 Å². The lowest BCUT2D eigenvalue weighted by atomic mass is 9.77. The van der Waals surface area contributed by atoms with Gasteiger partial charge in [-0.2, -0.15) is 0 Å². The first-order valence-corrected chi connectivity index (χ1v) is 15.4. The second kappa shape index (κ2) is 9.58. The summed E-state index contributed by atoms with van der Waals surface area (Å²) in [7, 11) is -0.394. The van der Waals surface area contributed by atoms with Gasteiger partial charge >= 0.3 is 7.12 Å². The molecule has 2 N–H and O–H groups in total. The zero-order chi connectivity index (χ0) is 29.6. The minimum Gasteiger partial charge on any atom is -0.488 e. The number of benzene rings is 3. The van der Waals surface area contributed by atoms with Gasteiger partial charge in [0.05, 0.1) is 16.8 Å². The zero-order valence-electron chi connectivity index (χ0n) is 25.8. The molecule has 3 atom stereocenters. The quantitative estimate of drug-likeness (QED) is 0.202. The number of aromatic amines is 1. The zero-order valence-corrected chi connectivity index (χ0v) is 25.8. The largest absolute Gasteiger partial charge is 0.494 e. The van der Waals surface area contributed by atoms with Gasteiger partial charge in [-0.15, -0.1) is 0 Å². The molecule has 2 fully saturated rings. The Morgan fingerprint density at radius 1 is 0.905 bits per heavy atom. The van der Waals surface area contributed by atoms with E-state index in [0.717, 1.165) is 52.5 Å². The van der Waals surface area contributed by atoms with Gasteiger partial charge in [0, 0.05) is 39.4 Å². The molecule has 1 aromatic heterocycles. The molecular formula is C35H42BNO5. The molecule has 220 valence electrons. The third-order valence-corrected chi connectivity index (χ3v) is 9.90. The molecule has 0 amide bonds. The average Bonchev–Trinajstić information content (AvgIpc) is 3.62. The molecule has 0 radical (unpaired) electrons. The number of nitrogens with one attached hydrogen (secondary N) is 1. The van der Waals surface area contributed by atoms with Crippen molar-refractivity contribution in [2.24, 2.45) is 5.92 Å². The van der Waals surface area contributed by atoms with Crippen LogP contribution in [-0.4, -0.2) is 40.3 Å². The summed E-state index contributed by atoms with van der Waals surface area (Å²) in [5.41, 5.74) is 5.61. The first kappa shape index (κ1) is 28.0. The van der Waals surface area contributed by atoms with Crippen LogP contribution in [0.25, 0.3) is 32.8 Å². The summed E-state index contributed by atoms with van der Waals surface area (Å²) in [6, 6.07) is 17.5. The predicted octanol–water partition coefficient (Wildman–Crippen LogP) is 7.20. The van der Waals surface area contributed by atoms with Gasteiger partial charge in [-0.1, -0.05) is 30.7 Å². The third-order valence-electron chi connectivity index (χ3n) is 9.90. The molecule has 2 unspecified atom stereocenters. The molecule has 0 spiro atoms. The number of rotatable bonds is 4. The Balaban J connectivity index is 1.21. The van der Waals surface area contributed by atoms with Gasteiger partial charge in [0.1, 0.15) is 12.4 Å². The van der Waals surface area contributed by atoms with Crippen molar-refractivity contribution in [2.45, 2.75) is 103 Å². The lowest BCUT2D eigenvalue weighted by Gasteiger charge is -2.32. The summed E-state index contributed by atoms with van der Waals surface area (Å²) in [6.45, 7) is 14.8. The Bertz CT molecular complexity index is 1670. The fourth-order valence-corrected chi connectivity index (χ4v) is 7.02. The van der Waals surface area contributed by atoms with Gasteiger partial charge in [0.15, 0.2) is 6.29 Å². The number of aliphatic hydroxyl groups is 1. The standard InChI is InChI=1S/C35H42BNO5/c1-33(2,3)40-32(38)27-10-8-9-24(27)30-18-28-23-13-14-25-22-12-11-21(36-41-34(4,5)35(6,7)42-36)17-20(22)19-39-31(25)26(23)15-16-29(28)37-30/h11-18,24,27,32,37-38H,8-10,19H2,1-7H3/t24-,27?,32?/m1/s1. The SMILES string of the molecule is CC(C)(C)OC(O)C1CCC[C@H]1c1cc2c(ccc3c4c(ccc32)-c2ccc(B3OC(C)(C)C(C)(C)O3)cc2CO4)[nH]1. The van der Waals surface area contributed by atoms with E-state index in [9.17, 15) is 5.11 Å². The summed E-state index contributed by atoms with van der Waals surface area (Å²) < 4.78 is 25.0. The van der Waals surface area contributed by atoms with Crippen molar-refractivity contribution < 1.29 is 23.9 Å². The molecule has 2 aliphatic heterocycles. The van der Waals surface area contributed by atoms with Crippen LogP contribution >= 0.6 is 0 Å². The van der Waals surface area contributed by atoms with E-state index >= 15 is 0 Å². The van der Waals surface area contributed by atoms with E-state index in [1.807, 2.05) is 20.8 Å². The fourth-order valence-electron chi connectivity index (χ4n) is 7.02. The van der Waals surface area contributed by atoms with Crippen molar-refractivity contribution >= 4 is 34.3 Å². The lowest BCUT2D eigenvalue weighted by Crippen LogP contribution is -2.41. The Kier molecular flexibility index (Phi) is 6.38. The van der Waals surface area contributed by atoms with Gasteiger partial charge in [-0.25, -0.2) is 0 Å². The van der Waals surface area contributed by atoms with Crippen molar-refractivity contribution in [3.05, 3.63) is 59.8 Å². The highest BCUT2D eigenvalue weighted by atomic mass is 16.7. The van der Waals surface area contributed by atoms with Crippen LogP contribution in [0.1, 0.15) is 84.9 Å². The summed E-state index contributed by atoms with van der Waals surface area (Å²) in [5.74, 6) is 1.25. The Labute approximate surface area is 248 Å². The number of hydrogen-bond donors (Lipinski definition) is 2. The van der Waals surface area contributed by atoms with Gasteiger partial charge in [0.25, 0.3) is 0 Å². The second-order valence-electron chi connectivity index (χ2n) is 14.4. The smallest absolute Gasteiger partial charge is 0.488 e. The van der Waals surface area contributed by atoms with Crippen LogP contribution in [0.3, 0.4) is 0 Å². The molecule has 7 rings (SSSR count). The van der Waals surface area contributed by atoms with Crippen LogP contribution in [0.15, 0.2) is 48.5 Å². The van der Waals surface area contributed by atoms with Crippen molar-refractivity contribution in [3.63, 3.8) is 0 Å². The fraction of sp³-hybridized carbons (Fsp3) is 0.486. The molecule has 1 saturated heterocycles. The first-order valence-electron chi connectivity index (χ1n) is 15.4. The minimum absolute atomic E-state index is 0.0817. The van der Waals surface area contributed by atoms with E-state index in [0.29, 0.717) is 6.61 Å². The normalized spacial score (nSPS) is 23.7. The number of hydrogen-bond acceptors (Lipinski definition) is 5. The highest BCUT2D eigenvalue weighted by Gasteiger charge is 2.51. The van der Waals surface area contributed by atoms with E-state index in [1.165, 1.54) is 22.0 Å². The Hall–Kier alpha value is -2.84. The monoisotopic (exact) mass is 567 g/mol. The second-order valence-corrected chi connectivity index (χ2v) is 14.4. The van der Waals surface area contributed by atoms with Crippen LogP contribution in [0.2, 0.25) is 0 Å². The summed E-state index contributed by atoms with van der Waals surface area (Å²) in [5, 5.41) is 14.4. The summed E-state index contributed by atoms with van der Waals surface area (Å²) in [4.78, 5) is 3.69. The van der Waals surface area contributed by atoms with E-state index < -0.39 is 13.4 Å². The summed E-state index contributed by atoms with van der Waals surface area (Å²) >= 11 is 0. The van der Waals surface area contributed by atoms with E-state index in [-0.39, 0.29) is 28.6 Å². The van der Waals surface area contributed by atoms with E-state index in [1.54, 1.807) is 0 Å². The van der Waals surface area contributed by atoms with Crippen LogP contribution in [0, 0.1) is 5.92 Å². The molecule has 42 heavy (non-hydrogen) atoms. The van der Waals surface area contributed by atoms with Gasteiger partial charge in [0.2, 0.25) is 0 Å². The van der Waals surface area contributed by atoms with Gasteiger partial charge in [-0.05, 0) is 108 Å². The molecule has 7 heteroatoms. The maximum Gasteiger partial charge on any atom is 0.494 e. The highest BCUT2D eigenvalue weighted by Crippen LogP contribution is 2.47. The maximum absolute atomic E-state index is 10.9. The van der Waals surface area contributed by atoms with E-state index in [2.05, 4.69) is 81.2 Å². The van der Waals surface area contributed by atoms with Crippen molar-refractivity contribution in [3.8, 4) is 16.9 Å². The average molecular weight is 568 g/mol. The molecule has 3 aromatic carbocycles. The number of aliphatic hydroxyl groups excluding tert-OH is 1. The molecular weight excluding hydrogens is 525 g/mol. The van der Waals surface area contributed by atoms with Gasteiger partial charge in [-0.3, -0.25) is 0 Å². The molecule has 3 heterocycles. The topological polar surface area (TPSA) is 72.9 Å². The summed E-state index contributed by atoms with van der Waals surface area (Å²) in [6.07, 6.45) is 2.33. The highest BCUT2D eigenvalue weighted by molar-refractivity contribution is 6.62. The van der Waals surface area contributed by atoms with Crippen LogP contribution in [0.5, 0.6) is 5.75 Å². The molecule has 6 nitrogen and oxygen atoms in total. The van der Waals surface area contributed by atoms with Gasteiger partial charge < -0.3 is 28.9 Å². The van der Waals surface area contributed by atoms with Crippen LogP contribution in [0.4, 0.5) is 0 Å². The number of ether oxygens (including phenoxy) is 2. The van der Waals surface area contributed by atoms with Crippen molar-refractivity contribution in [2.75, 3.05) is 0 Å². The molecule has 1 saturated carbocycles. The number of H-pyrrole nitrogens is 1. The Morgan fingerprint density at radius 3 is 2.36 bits per heavy atom. The Morgan fingerprint density at radius 2 is 1.62 bits per heavy atom. The number of fused-ring (bicyclic) bond motifs is 7. The van der Waals surface area contributed by atoms with Crippen LogP contribution in [-0.2, 0) is 20.7 Å². The predicted molar refractivity (Wildman–Crippen MR) is 168 cm³/mol. The molecule has 0 bridgehead atoms. The third kappa shape index (κ3) is 4.57. The van der Waals surface area contributed by atoms with Crippen molar-refractivity contribution in [1.29, 1.82) is 0 Å². The molecule has 4 aromatic rings. The molecule has 1 aliphatic carbocycles. The lowest BCUT2D eigenvalue weighted by molar-refractivity contribution is -0.193. The number of aromatic nitrogens is 1. The minimum atomic E-state index is -0.772. The van der Waals surface area contributed by atoms with E-state index in [4.69, 9.17) is 18.8 Å². The van der Waals surface area contributed by atoms with Crippen LogP contribution < -0.4 is 10.2 Å². The first-order chi connectivity index (χ1) is 19.8.